The van der Waals surface area contributed by atoms with Crippen molar-refractivity contribution in [1.29, 1.82) is 0 Å². The van der Waals surface area contributed by atoms with Gasteiger partial charge in [0.1, 0.15) is 0 Å². The lowest BCUT2D eigenvalue weighted by atomic mass is 9.85. The smallest absolute Gasteiger partial charge is 0.233 e. The van der Waals surface area contributed by atoms with Gasteiger partial charge in [0.25, 0.3) is 0 Å². The Balaban J connectivity index is 0.00000272. The van der Waals surface area contributed by atoms with Crippen LogP contribution in [0.3, 0.4) is 0 Å². The molecule has 1 saturated heterocycles. The summed E-state index contributed by atoms with van der Waals surface area (Å²) in [6.07, 6.45) is 5.96. The third kappa shape index (κ3) is 4.52. The number of carbonyl (C=O) groups is 2. The van der Waals surface area contributed by atoms with Gasteiger partial charge in [0.2, 0.25) is 11.8 Å². The van der Waals surface area contributed by atoms with Crippen LogP contribution in [0.5, 0.6) is 0 Å². The summed E-state index contributed by atoms with van der Waals surface area (Å²) in [6.45, 7) is 8.22. The molecule has 2 bridgehead atoms. The monoisotopic (exact) mass is 536 g/mol. The lowest BCUT2D eigenvalue weighted by Crippen LogP contribution is -2.39. The molecule has 1 heterocycles. The summed E-state index contributed by atoms with van der Waals surface area (Å²) < 4.78 is 0. The van der Waals surface area contributed by atoms with Crippen molar-refractivity contribution in [3.63, 3.8) is 0 Å². The maximum atomic E-state index is 12.7. The molecule has 2 amide bonds. The van der Waals surface area contributed by atoms with E-state index in [-0.39, 0.29) is 59.5 Å². The van der Waals surface area contributed by atoms with E-state index in [2.05, 4.69) is 60.7 Å². The zero-order valence-corrected chi connectivity index (χ0v) is 21.1. The molecule has 7 heteroatoms. The molecule has 1 saturated carbocycles. The van der Waals surface area contributed by atoms with Crippen LogP contribution in [0.1, 0.15) is 35.1 Å². The number of aryl methyl sites for hydroxylation is 3. The van der Waals surface area contributed by atoms with Gasteiger partial charge in [-0.3, -0.25) is 19.5 Å². The topological polar surface area (TPSA) is 73.8 Å². The molecule has 2 fully saturated rings. The maximum absolute atomic E-state index is 12.7. The van der Waals surface area contributed by atoms with Crippen molar-refractivity contribution in [2.75, 3.05) is 20.1 Å². The van der Waals surface area contributed by atoms with Gasteiger partial charge in [-0.2, -0.15) is 0 Å². The first kappa shape index (κ1) is 23.8. The average molecular weight is 536 g/mol. The van der Waals surface area contributed by atoms with Crippen LogP contribution in [0.25, 0.3) is 0 Å². The molecule has 6 nitrogen and oxygen atoms in total. The highest BCUT2D eigenvalue weighted by Crippen LogP contribution is 2.52. The molecule has 31 heavy (non-hydrogen) atoms. The number of imide groups is 1. The van der Waals surface area contributed by atoms with Gasteiger partial charge < -0.3 is 10.6 Å². The fourth-order valence-electron chi connectivity index (χ4n) is 5.51. The molecule has 0 radical (unpaired) electrons. The minimum absolute atomic E-state index is 0. The Bertz CT molecular complexity index is 873. The van der Waals surface area contributed by atoms with E-state index in [0.29, 0.717) is 26.1 Å². The first-order valence-corrected chi connectivity index (χ1v) is 11.0. The number of halogens is 1. The van der Waals surface area contributed by atoms with Gasteiger partial charge in [-0.25, -0.2) is 0 Å². The zero-order chi connectivity index (χ0) is 21.4. The Morgan fingerprint density at radius 1 is 1.03 bits per heavy atom. The number of benzene rings is 1. The summed E-state index contributed by atoms with van der Waals surface area (Å²) in [4.78, 5) is 31.3. The predicted octanol–water partition coefficient (Wildman–Crippen LogP) is 3.09. The number of hydrogen-bond acceptors (Lipinski definition) is 3. The second kappa shape index (κ2) is 9.71. The Kier molecular flexibility index (Phi) is 7.44. The molecule has 1 aliphatic heterocycles. The number of hydrogen-bond donors (Lipinski definition) is 2. The van der Waals surface area contributed by atoms with Crippen LogP contribution >= 0.6 is 24.0 Å². The first-order valence-electron chi connectivity index (χ1n) is 11.0. The largest absolute Gasteiger partial charge is 0.356 e. The van der Waals surface area contributed by atoms with Crippen molar-refractivity contribution in [2.24, 2.45) is 28.7 Å². The number of nitrogens with zero attached hydrogens (tertiary/aromatic N) is 2. The molecule has 0 spiro atoms. The predicted molar refractivity (Wildman–Crippen MR) is 133 cm³/mol. The van der Waals surface area contributed by atoms with Gasteiger partial charge in [0, 0.05) is 26.7 Å². The molecule has 4 atom stereocenters. The van der Waals surface area contributed by atoms with Crippen LogP contribution in [-0.2, 0) is 16.1 Å². The Morgan fingerprint density at radius 3 is 2.16 bits per heavy atom. The normalized spacial score (nSPS) is 26.3. The lowest BCUT2D eigenvalue weighted by Gasteiger charge is -2.18. The van der Waals surface area contributed by atoms with Gasteiger partial charge in [-0.05, 0) is 62.1 Å². The van der Waals surface area contributed by atoms with E-state index in [1.807, 2.05) is 0 Å². The van der Waals surface area contributed by atoms with E-state index in [4.69, 9.17) is 0 Å². The van der Waals surface area contributed by atoms with E-state index in [1.54, 1.807) is 7.05 Å². The maximum Gasteiger partial charge on any atom is 0.233 e. The van der Waals surface area contributed by atoms with Crippen molar-refractivity contribution >= 4 is 41.8 Å². The van der Waals surface area contributed by atoms with Crippen LogP contribution in [-0.4, -0.2) is 42.8 Å². The SMILES string of the molecule is CN=C(NCCCN1C(=O)C2C3C=CC(C3)C2C1=O)NCc1c(C)cc(C)cc1C.I. The molecule has 1 aromatic rings. The summed E-state index contributed by atoms with van der Waals surface area (Å²) in [5.74, 6) is 1.15. The van der Waals surface area contributed by atoms with Crippen molar-refractivity contribution in [3.8, 4) is 0 Å². The minimum atomic E-state index is -0.101. The first-order chi connectivity index (χ1) is 14.4. The molecule has 168 valence electrons. The Hall–Kier alpha value is -1.90. The summed E-state index contributed by atoms with van der Waals surface area (Å²) in [5.41, 5.74) is 5.10. The third-order valence-corrected chi connectivity index (χ3v) is 6.91. The van der Waals surface area contributed by atoms with E-state index < -0.39 is 0 Å². The van der Waals surface area contributed by atoms with Crippen molar-refractivity contribution in [2.45, 2.75) is 40.2 Å². The molecule has 2 N–H and O–H groups in total. The molecule has 3 aliphatic rings. The van der Waals surface area contributed by atoms with Gasteiger partial charge in [0.05, 0.1) is 11.8 Å². The molecule has 1 aromatic carbocycles. The summed E-state index contributed by atoms with van der Waals surface area (Å²) in [7, 11) is 1.75. The molecule has 4 rings (SSSR count). The summed E-state index contributed by atoms with van der Waals surface area (Å²) in [5, 5.41) is 6.67. The number of likely N-dealkylation sites (tertiary alicyclic amines) is 1. The van der Waals surface area contributed by atoms with E-state index in [9.17, 15) is 9.59 Å². The number of carbonyl (C=O) groups excluding carboxylic acids is 2. The second-order valence-electron chi connectivity index (χ2n) is 8.91. The molecule has 0 aromatic heterocycles. The molecule has 4 unspecified atom stereocenters. The number of fused-ring (bicyclic) bond motifs is 5. The number of guanidine groups is 1. The van der Waals surface area contributed by atoms with E-state index in [0.717, 1.165) is 12.4 Å². The highest BCUT2D eigenvalue weighted by atomic mass is 127. The number of aliphatic imine (C=N–C) groups is 1. The van der Waals surface area contributed by atoms with Gasteiger partial charge in [-0.15, -0.1) is 24.0 Å². The van der Waals surface area contributed by atoms with Crippen LogP contribution < -0.4 is 10.6 Å². The highest BCUT2D eigenvalue weighted by Gasteiger charge is 2.58. The number of amides is 2. The van der Waals surface area contributed by atoms with Gasteiger partial charge in [-0.1, -0.05) is 29.8 Å². The third-order valence-electron chi connectivity index (χ3n) is 6.91. The van der Waals surface area contributed by atoms with Crippen LogP contribution in [0.15, 0.2) is 29.3 Å². The zero-order valence-electron chi connectivity index (χ0n) is 18.8. The Morgan fingerprint density at radius 2 is 1.61 bits per heavy atom. The standard InChI is InChI=1S/C24H32N4O2.HI/c1-14-10-15(2)19(16(3)11-14)13-27-24(25-4)26-8-5-9-28-22(29)20-17-6-7-18(12-17)21(20)23(28)30;/h6-7,10-11,17-18,20-21H,5,8-9,12-13H2,1-4H3,(H2,25,26,27);1H. The number of rotatable bonds is 6. The fourth-order valence-corrected chi connectivity index (χ4v) is 5.51. The molecular formula is C24H33IN4O2. The van der Waals surface area contributed by atoms with Crippen molar-refractivity contribution in [3.05, 3.63) is 46.5 Å². The fraction of sp³-hybridized carbons (Fsp3) is 0.542. The van der Waals surface area contributed by atoms with Crippen LogP contribution in [0, 0.1) is 44.4 Å². The number of nitrogens with one attached hydrogen (secondary N) is 2. The second-order valence-corrected chi connectivity index (χ2v) is 8.91. The van der Waals surface area contributed by atoms with Crippen molar-refractivity contribution in [1.82, 2.24) is 15.5 Å². The highest BCUT2D eigenvalue weighted by molar-refractivity contribution is 14.0. The van der Waals surface area contributed by atoms with Gasteiger partial charge >= 0.3 is 0 Å². The van der Waals surface area contributed by atoms with Gasteiger partial charge in [0.15, 0.2) is 5.96 Å². The number of allylic oxidation sites excluding steroid dienone is 2. The lowest BCUT2D eigenvalue weighted by molar-refractivity contribution is -0.140. The quantitative estimate of drug-likeness (QED) is 0.146. The molecule has 2 aliphatic carbocycles. The van der Waals surface area contributed by atoms with Crippen LogP contribution in [0.4, 0.5) is 0 Å². The Labute approximate surface area is 202 Å². The molecular weight excluding hydrogens is 503 g/mol. The van der Waals surface area contributed by atoms with E-state index in [1.165, 1.54) is 27.2 Å². The van der Waals surface area contributed by atoms with Crippen LogP contribution in [0.2, 0.25) is 0 Å². The summed E-state index contributed by atoms with van der Waals surface area (Å²) >= 11 is 0. The summed E-state index contributed by atoms with van der Waals surface area (Å²) in [6, 6.07) is 4.39. The average Bonchev–Trinajstić information content (AvgIpc) is 3.37. The van der Waals surface area contributed by atoms with Crippen molar-refractivity contribution < 1.29 is 9.59 Å². The van der Waals surface area contributed by atoms with E-state index >= 15 is 0 Å². The minimum Gasteiger partial charge on any atom is -0.356 e.